The molecule has 2 heterocycles. The molecule has 122 valence electrons. The van der Waals surface area contributed by atoms with Gasteiger partial charge in [-0.3, -0.25) is 9.69 Å². The van der Waals surface area contributed by atoms with Crippen molar-refractivity contribution < 1.29 is 17.1 Å². The number of halogens is 2. The van der Waals surface area contributed by atoms with Gasteiger partial charge in [0.1, 0.15) is 11.1 Å². The average molecular weight is 402 g/mol. The van der Waals surface area contributed by atoms with Crippen molar-refractivity contribution in [1.82, 2.24) is 9.78 Å². The van der Waals surface area contributed by atoms with Crippen LogP contribution in [0.3, 0.4) is 0 Å². The molecule has 3 rings (SSSR count). The minimum absolute atomic E-state index is 0.191. The molecule has 6 nitrogen and oxygen atoms in total. The Bertz CT molecular complexity index is 835. The van der Waals surface area contributed by atoms with Gasteiger partial charge in [0.15, 0.2) is 0 Å². The molecule has 0 bridgehead atoms. The summed E-state index contributed by atoms with van der Waals surface area (Å²) in [5.74, 6) is 0.0397. The number of anilines is 1. The van der Waals surface area contributed by atoms with E-state index in [0.717, 1.165) is 10.0 Å². The van der Waals surface area contributed by atoms with Crippen LogP contribution in [0, 0.1) is 0 Å². The van der Waals surface area contributed by atoms with Gasteiger partial charge in [-0.15, -0.1) is 3.89 Å². The first-order valence-electron chi connectivity index (χ1n) is 6.84. The van der Waals surface area contributed by atoms with Crippen LogP contribution in [0.5, 0.6) is 0 Å². The Kier molecular flexibility index (Phi) is 4.24. The van der Waals surface area contributed by atoms with Gasteiger partial charge in [-0.05, 0) is 17.7 Å². The third kappa shape index (κ3) is 3.45. The largest absolute Gasteiger partial charge is 0.307 e. The van der Waals surface area contributed by atoms with Gasteiger partial charge >= 0.3 is 10.2 Å². The Morgan fingerprint density at radius 2 is 1.96 bits per heavy atom. The summed E-state index contributed by atoms with van der Waals surface area (Å²) in [6.07, 6.45) is 1.18. The van der Waals surface area contributed by atoms with E-state index in [1.165, 1.54) is 11.1 Å². The van der Waals surface area contributed by atoms with Gasteiger partial charge in [-0.1, -0.05) is 28.1 Å². The predicted molar refractivity (Wildman–Crippen MR) is 86.3 cm³/mol. The van der Waals surface area contributed by atoms with Crippen molar-refractivity contribution in [1.29, 1.82) is 0 Å². The average Bonchev–Trinajstić information content (AvgIpc) is 3.07. The maximum atomic E-state index is 13.1. The number of benzene rings is 1. The van der Waals surface area contributed by atoms with Gasteiger partial charge in [0.2, 0.25) is 5.91 Å². The van der Waals surface area contributed by atoms with Crippen molar-refractivity contribution in [3.63, 3.8) is 0 Å². The monoisotopic (exact) mass is 401 g/mol. The Morgan fingerprint density at radius 1 is 1.26 bits per heavy atom. The van der Waals surface area contributed by atoms with E-state index in [9.17, 15) is 17.1 Å². The second kappa shape index (κ2) is 6.04. The maximum Gasteiger partial charge on any atom is 0.307 e. The topological polar surface area (TPSA) is 72.3 Å². The molecule has 1 aromatic heterocycles. The van der Waals surface area contributed by atoms with E-state index in [4.69, 9.17) is 0 Å². The van der Waals surface area contributed by atoms with Gasteiger partial charge in [0.05, 0.1) is 12.7 Å². The molecule has 2 aromatic rings. The van der Waals surface area contributed by atoms with E-state index >= 15 is 0 Å². The number of carbonyl (C=O) groups is 1. The molecule has 23 heavy (non-hydrogen) atoms. The van der Waals surface area contributed by atoms with Crippen LogP contribution in [0.2, 0.25) is 0 Å². The highest BCUT2D eigenvalue weighted by Gasteiger charge is 2.40. The Balaban J connectivity index is 1.84. The van der Waals surface area contributed by atoms with Crippen LogP contribution in [-0.2, 0) is 21.6 Å². The van der Waals surface area contributed by atoms with E-state index in [0.29, 0.717) is 12.4 Å². The quantitative estimate of drug-likeness (QED) is 0.735. The number of rotatable bonds is 4. The van der Waals surface area contributed by atoms with Crippen LogP contribution in [0.25, 0.3) is 0 Å². The molecule has 1 amide bonds. The number of hydrogen-bond acceptors (Lipinski definition) is 4. The molecule has 0 radical (unpaired) electrons. The van der Waals surface area contributed by atoms with E-state index in [-0.39, 0.29) is 13.0 Å². The van der Waals surface area contributed by atoms with Gasteiger partial charge in [-0.25, -0.2) is 4.68 Å². The molecule has 1 atom stereocenters. The van der Waals surface area contributed by atoms with Crippen molar-refractivity contribution in [3.05, 3.63) is 46.6 Å². The fraction of sp³-hybridized carbons (Fsp3) is 0.286. The molecule has 0 N–H and O–H groups in total. The van der Waals surface area contributed by atoms with Gasteiger partial charge in [0, 0.05) is 23.5 Å². The summed E-state index contributed by atoms with van der Waals surface area (Å²) in [6.45, 7) is 0.232. The fourth-order valence-electron chi connectivity index (χ4n) is 2.52. The SMILES string of the molecule is O=C1CC(S(=O)(=O)F)CN1c1ccnn1Cc1ccc(Br)cc1. The Labute approximate surface area is 141 Å². The molecule has 0 saturated carbocycles. The van der Waals surface area contributed by atoms with Crippen LogP contribution in [0.1, 0.15) is 12.0 Å². The lowest BCUT2D eigenvalue weighted by Gasteiger charge is -2.17. The summed E-state index contributed by atoms with van der Waals surface area (Å²) in [5, 5.41) is 2.85. The van der Waals surface area contributed by atoms with Crippen molar-refractivity contribution in [2.24, 2.45) is 0 Å². The van der Waals surface area contributed by atoms with E-state index in [1.54, 1.807) is 10.7 Å². The van der Waals surface area contributed by atoms with Crippen molar-refractivity contribution in [2.45, 2.75) is 18.2 Å². The second-order valence-electron chi connectivity index (χ2n) is 5.28. The standard InChI is InChI=1S/C14H13BrFN3O3S/c15-11-3-1-10(2-4-11)8-19-13(5-6-17-19)18-9-12(7-14(18)20)23(16,21)22/h1-6,12H,7-9H2. The van der Waals surface area contributed by atoms with E-state index in [2.05, 4.69) is 21.0 Å². The van der Waals surface area contributed by atoms with Crippen molar-refractivity contribution in [2.75, 3.05) is 11.4 Å². The molecule has 1 fully saturated rings. The highest BCUT2D eigenvalue weighted by molar-refractivity contribution is 9.10. The zero-order valence-corrected chi connectivity index (χ0v) is 14.3. The molecule has 0 spiro atoms. The molecule has 9 heteroatoms. The van der Waals surface area contributed by atoms with E-state index < -0.39 is 21.4 Å². The third-order valence-electron chi connectivity index (χ3n) is 3.70. The van der Waals surface area contributed by atoms with Gasteiger partial charge < -0.3 is 0 Å². The van der Waals surface area contributed by atoms with Crippen LogP contribution in [0.15, 0.2) is 41.0 Å². The molecule has 1 aliphatic heterocycles. The molecular formula is C14H13BrFN3O3S. The maximum absolute atomic E-state index is 13.1. The number of carbonyl (C=O) groups excluding carboxylic acids is 1. The van der Waals surface area contributed by atoms with Crippen LogP contribution in [-0.4, -0.2) is 35.9 Å². The summed E-state index contributed by atoms with van der Waals surface area (Å²) in [6, 6.07) is 9.23. The zero-order chi connectivity index (χ0) is 16.6. The fourth-order valence-corrected chi connectivity index (χ4v) is 3.46. The number of hydrogen-bond donors (Lipinski definition) is 0. The van der Waals surface area contributed by atoms with Crippen molar-refractivity contribution in [3.8, 4) is 0 Å². The van der Waals surface area contributed by atoms with Crippen LogP contribution < -0.4 is 4.90 Å². The lowest BCUT2D eigenvalue weighted by atomic mass is 10.2. The minimum Gasteiger partial charge on any atom is -0.296 e. The summed E-state index contributed by atoms with van der Waals surface area (Å²) in [7, 11) is -4.73. The Morgan fingerprint density at radius 3 is 2.57 bits per heavy atom. The summed E-state index contributed by atoms with van der Waals surface area (Å²) >= 11 is 3.36. The molecular weight excluding hydrogens is 389 g/mol. The van der Waals surface area contributed by atoms with Crippen molar-refractivity contribution >= 4 is 37.9 Å². The first-order valence-corrected chi connectivity index (χ1v) is 9.08. The second-order valence-corrected chi connectivity index (χ2v) is 7.81. The third-order valence-corrected chi connectivity index (χ3v) is 5.34. The lowest BCUT2D eigenvalue weighted by Crippen LogP contribution is -2.29. The summed E-state index contributed by atoms with van der Waals surface area (Å²) in [4.78, 5) is 13.3. The number of nitrogens with zero attached hydrogens (tertiary/aromatic N) is 3. The summed E-state index contributed by atoms with van der Waals surface area (Å²) < 4.78 is 37.7. The Hall–Kier alpha value is -1.74. The lowest BCUT2D eigenvalue weighted by molar-refractivity contribution is -0.117. The first-order chi connectivity index (χ1) is 10.8. The number of amides is 1. The van der Waals surface area contributed by atoms with E-state index in [1.807, 2.05) is 24.3 Å². The smallest absolute Gasteiger partial charge is 0.296 e. The molecule has 1 aliphatic rings. The molecule has 1 unspecified atom stereocenters. The minimum atomic E-state index is -4.73. The zero-order valence-electron chi connectivity index (χ0n) is 11.9. The predicted octanol–water partition coefficient (Wildman–Crippen LogP) is 2.10. The van der Waals surface area contributed by atoms with Gasteiger partial charge in [0.25, 0.3) is 0 Å². The highest BCUT2D eigenvalue weighted by Crippen LogP contribution is 2.26. The molecule has 1 saturated heterocycles. The van der Waals surface area contributed by atoms with Gasteiger partial charge in [-0.2, -0.15) is 13.5 Å². The highest BCUT2D eigenvalue weighted by atomic mass is 79.9. The number of aromatic nitrogens is 2. The first kappa shape index (κ1) is 16.1. The molecule has 1 aromatic carbocycles. The summed E-state index contributed by atoms with van der Waals surface area (Å²) in [5.41, 5.74) is 0.972. The normalized spacial score (nSPS) is 18.6. The van der Waals surface area contributed by atoms with Crippen LogP contribution >= 0.6 is 15.9 Å². The van der Waals surface area contributed by atoms with Crippen LogP contribution in [0.4, 0.5) is 9.70 Å². The molecule has 0 aliphatic carbocycles.